The van der Waals surface area contributed by atoms with E-state index in [0.717, 1.165) is 23.5 Å². The molecule has 4 heteroatoms. The first-order valence-electron chi connectivity index (χ1n) is 8.56. The van der Waals surface area contributed by atoms with Crippen LogP contribution in [0, 0.1) is 6.92 Å². The van der Waals surface area contributed by atoms with Crippen molar-refractivity contribution in [2.75, 3.05) is 11.9 Å². The maximum atomic E-state index is 13.0. The fourth-order valence-electron chi connectivity index (χ4n) is 3.42. The molecule has 0 radical (unpaired) electrons. The third-order valence-electron chi connectivity index (χ3n) is 4.72. The topological polar surface area (TPSA) is 37.3 Å². The molecule has 1 atom stereocenters. The molecule has 0 spiro atoms. The summed E-state index contributed by atoms with van der Waals surface area (Å²) in [6, 6.07) is 22.1. The second kappa shape index (κ2) is 6.48. The first kappa shape index (κ1) is 15.5. The summed E-state index contributed by atoms with van der Waals surface area (Å²) in [4.78, 5) is 14.9. The van der Waals surface area contributed by atoms with Gasteiger partial charge in [0, 0.05) is 30.7 Å². The van der Waals surface area contributed by atoms with Gasteiger partial charge in [-0.3, -0.25) is 0 Å². The molecule has 0 aliphatic carbocycles. The van der Waals surface area contributed by atoms with E-state index >= 15 is 0 Å². The Morgan fingerprint density at radius 2 is 1.72 bits per heavy atom. The van der Waals surface area contributed by atoms with E-state index in [9.17, 15) is 4.79 Å². The average molecular weight is 331 g/mol. The Balaban J connectivity index is 1.68. The molecule has 2 amide bonds. The zero-order valence-corrected chi connectivity index (χ0v) is 14.2. The van der Waals surface area contributed by atoms with Crippen molar-refractivity contribution in [3.63, 3.8) is 0 Å². The van der Waals surface area contributed by atoms with Crippen LogP contribution in [0.3, 0.4) is 0 Å². The monoisotopic (exact) mass is 331 g/mol. The number of hydrogen-bond acceptors (Lipinski definition) is 1. The fraction of sp³-hybridized carbons (Fsp3) is 0.190. The highest BCUT2D eigenvalue weighted by Crippen LogP contribution is 2.33. The quantitative estimate of drug-likeness (QED) is 0.741. The molecule has 1 aromatic heterocycles. The standard InChI is InChI=1S/C21H21N3O/c1-16-9-11-17(12-10-16)20-19-8-5-13-23(19)14-15-24(20)21(25)22-18-6-3-2-4-7-18/h2-13,20H,14-15H2,1H3,(H,22,25)/t20-/m0/s1. The van der Waals surface area contributed by atoms with Crippen molar-refractivity contribution < 1.29 is 4.79 Å². The predicted octanol–water partition coefficient (Wildman–Crippen LogP) is 4.43. The molecule has 0 fully saturated rings. The number of amides is 2. The van der Waals surface area contributed by atoms with Gasteiger partial charge < -0.3 is 14.8 Å². The van der Waals surface area contributed by atoms with Gasteiger partial charge in [0.1, 0.15) is 0 Å². The lowest BCUT2D eigenvalue weighted by atomic mass is 9.99. The summed E-state index contributed by atoms with van der Waals surface area (Å²) >= 11 is 0. The predicted molar refractivity (Wildman–Crippen MR) is 99.6 cm³/mol. The number of carbonyl (C=O) groups is 1. The average Bonchev–Trinajstić information content (AvgIpc) is 3.11. The van der Waals surface area contributed by atoms with Crippen molar-refractivity contribution >= 4 is 11.7 Å². The van der Waals surface area contributed by atoms with Gasteiger partial charge >= 0.3 is 6.03 Å². The van der Waals surface area contributed by atoms with Crippen LogP contribution in [0.15, 0.2) is 72.9 Å². The maximum absolute atomic E-state index is 13.0. The van der Waals surface area contributed by atoms with Crippen LogP contribution in [0.2, 0.25) is 0 Å². The van der Waals surface area contributed by atoms with E-state index in [1.165, 1.54) is 5.56 Å². The van der Waals surface area contributed by atoms with Crippen LogP contribution in [0.5, 0.6) is 0 Å². The number of aromatic nitrogens is 1. The van der Waals surface area contributed by atoms with Gasteiger partial charge in [-0.05, 0) is 36.8 Å². The number of carbonyl (C=O) groups excluding carboxylic acids is 1. The van der Waals surface area contributed by atoms with Gasteiger partial charge in [0.2, 0.25) is 0 Å². The largest absolute Gasteiger partial charge is 0.348 e. The van der Waals surface area contributed by atoms with Crippen LogP contribution < -0.4 is 5.32 Å². The van der Waals surface area contributed by atoms with Crippen molar-refractivity contribution in [1.82, 2.24) is 9.47 Å². The first-order valence-corrected chi connectivity index (χ1v) is 8.56. The van der Waals surface area contributed by atoms with E-state index in [4.69, 9.17) is 0 Å². The van der Waals surface area contributed by atoms with E-state index in [-0.39, 0.29) is 12.1 Å². The third-order valence-corrected chi connectivity index (χ3v) is 4.72. The van der Waals surface area contributed by atoms with Crippen LogP contribution in [0.1, 0.15) is 22.9 Å². The van der Waals surface area contributed by atoms with Crippen molar-refractivity contribution in [3.05, 3.63) is 89.7 Å². The van der Waals surface area contributed by atoms with Crippen LogP contribution in [-0.2, 0) is 6.54 Å². The van der Waals surface area contributed by atoms with Gasteiger partial charge in [-0.1, -0.05) is 48.0 Å². The first-order chi connectivity index (χ1) is 12.2. The van der Waals surface area contributed by atoms with E-state index in [1.807, 2.05) is 35.2 Å². The molecule has 25 heavy (non-hydrogen) atoms. The molecule has 3 aromatic rings. The highest BCUT2D eigenvalue weighted by molar-refractivity contribution is 5.90. The zero-order chi connectivity index (χ0) is 17.2. The maximum Gasteiger partial charge on any atom is 0.322 e. The molecule has 4 nitrogen and oxygen atoms in total. The number of aryl methyl sites for hydroxylation is 1. The number of nitrogens with one attached hydrogen (secondary N) is 1. The highest BCUT2D eigenvalue weighted by Gasteiger charge is 2.32. The smallest absolute Gasteiger partial charge is 0.322 e. The molecular formula is C21H21N3O. The van der Waals surface area contributed by atoms with Crippen molar-refractivity contribution in [3.8, 4) is 0 Å². The minimum atomic E-state index is -0.0759. The van der Waals surface area contributed by atoms with Crippen molar-refractivity contribution in [1.29, 1.82) is 0 Å². The molecule has 1 aliphatic heterocycles. The van der Waals surface area contributed by atoms with E-state index in [1.54, 1.807) is 0 Å². The Kier molecular flexibility index (Phi) is 4.02. The Morgan fingerprint density at radius 3 is 2.48 bits per heavy atom. The lowest BCUT2D eigenvalue weighted by Gasteiger charge is -2.37. The van der Waals surface area contributed by atoms with Gasteiger partial charge in [0.05, 0.1) is 6.04 Å². The van der Waals surface area contributed by atoms with E-state index in [2.05, 4.69) is 59.4 Å². The third kappa shape index (κ3) is 3.03. The Labute approximate surface area is 147 Å². The van der Waals surface area contributed by atoms with E-state index < -0.39 is 0 Å². The summed E-state index contributed by atoms with van der Waals surface area (Å²) in [5.74, 6) is 0. The zero-order valence-electron chi connectivity index (χ0n) is 14.2. The molecule has 0 unspecified atom stereocenters. The molecule has 1 aliphatic rings. The number of urea groups is 1. The summed E-state index contributed by atoms with van der Waals surface area (Å²) < 4.78 is 2.23. The second-order valence-corrected chi connectivity index (χ2v) is 6.43. The van der Waals surface area contributed by atoms with Gasteiger partial charge in [0.15, 0.2) is 0 Å². The summed E-state index contributed by atoms with van der Waals surface area (Å²) in [7, 11) is 0. The van der Waals surface area contributed by atoms with Crippen LogP contribution in [0.4, 0.5) is 10.5 Å². The lowest BCUT2D eigenvalue weighted by Crippen LogP contribution is -2.44. The number of anilines is 1. The Bertz CT molecular complexity index is 868. The van der Waals surface area contributed by atoms with Crippen LogP contribution >= 0.6 is 0 Å². The molecule has 0 bridgehead atoms. The molecule has 4 rings (SSSR count). The Hall–Kier alpha value is -3.01. The van der Waals surface area contributed by atoms with Gasteiger partial charge in [-0.2, -0.15) is 0 Å². The summed E-state index contributed by atoms with van der Waals surface area (Å²) in [6.07, 6.45) is 2.09. The minimum absolute atomic E-state index is 0.0655. The molecular weight excluding hydrogens is 310 g/mol. The number of benzene rings is 2. The lowest BCUT2D eigenvalue weighted by molar-refractivity contribution is 0.182. The second-order valence-electron chi connectivity index (χ2n) is 6.43. The fourth-order valence-corrected chi connectivity index (χ4v) is 3.42. The highest BCUT2D eigenvalue weighted by atomic mass is 16.2. The van der Waals surface area contributed by atoms with E-state index in [0.29, 0.717) is 6.54 Å². The summed E-state index contributed by atoms with van der Waals surface area (Å²) in [5, 5.41) is 3.02. The van der Waals surface area contributed by atoms with Gasteiger partial charge in [0.25, 0.3) is 0 Å². The summed E-state index contributed by atoms with van der Waals surface area (Å²) in [6.45, 7) is 3.57. The van der Waals surface area contributed by atoms with Gasteiger partial charge in [-0.15, -0.1) is 0 Å². The number of rotatable bonds is 2. The molecule has 0 saturated heterocycles. The molecule has 126 valence electrons. The number of hydrogen-bond donors (Lipinski definition) is 1. The summed E-state index contributed by atoms with van der Waals surface area (Å²) in [5.41, 5.74) is 4.32. The molecule has 2 heterocycles. The number of nitrogens with zero attached hydrogens (tertiary/aromatic N) is 2. The van der Waals surface area contributed by atoms with Crippen molar-refractivity contribution in [2.45, 2.75) is 19.5 Å². The van der Waals surface area contributed by atoms with Gasteiger partial charge in [-0.25, -0.2) is 4.79 Å². The SMILES string of the molecule is Cc1ccc([C@H]2c3cccn3CCN2C(=O)Nc2ccccc2)cc1. The normalized spacial score (nSPS) is 16.4. The number of para-hydroxylation sites is 1. The number of fused-ring (bicyclic) bond motifs is 1. The van der Waals surface area contributed by atoms with Crippen LogP contribution in [0.25, 0.3) is 0 Å². The molecule has 0 saturated carbocycles. The Morgan fingerprint density at radius 1 is 0.960 bits per heavy atom. The molecule has 2 aromatic carbocycles. The van der Waals surface area contributed by atoms with Crippen molar-refractivity contribution in [2.24, 2.45) is 0 Å². The van der Waals surface area contributed by atoms with Crippen LogP contribution in [-0.4, -0.2) is 22.0 Å². The molecule has 1 N–H and O–H groups in total. The minimum Gasteiger partial charge on any atom is -0.348 e.